The Morgan fingerprint density at radius 1 is 0.844 bits per heavy atom. The highest BCUT2D eigenvalue weighted by Crippen LogP contribution is 2.28. The monoisotopic (exact) mass is 623 g/mol. The molecule has 9 heteroatoms. The van der Waals surface area contributed by atoms with Crippen LogP contribution in [-0.4, -0.2) is 58.6 Å². The molecule has 0 fully saturated rings. The van der Waals surface area contributed by atoms with Crippen molar-refractivity contribution in [2.45, 2.75) is 124 Å². The van der Waals surface area contributed by atoms with Crippen molar-refractivity contribution in [2.75, 3.05) is 6.54 Å². The van der Waals surface area contributed by atoms with Gasteiger partial charge in [-0.1, -0.05) is 73.9 Å². The number of alkyl carbamates (subject to hydrolysis) is 1. The van der Waals surface area contributed by atoms with Crippen molar-refractivity contribution >= 4 is 23.9 Å². The van der Waals surface area contributed by atoms with Crippen molar-refractivity contribution in [1.82, 2.24) is 15.5 Å². The standard InChI is InChI=1S/C36H53N3O6/c1-11-12-16-21-39(32(41)26(4)37-34(43)45-36(8,9)10)30(28-22-24(2)19-20-25(28)3)31(40)38-29(33(42)44-35(5,6)7)23-27-17-14-13-15-18-27/h13-15,17-20,22,26,29-30H,11-12,16,21,23H2,1-10H3,(H,37,43)(H,38,40). The number of hydrogen-bond acceptors (Lipinski definition) is 6. The van der Waals surface area contributed by atoms with E-state index in [1.165, 1.54) is 4.90 Å². The average molecular weight is 624 g/mol. The van der Waals surface area contributed by atoms with Gasteiger partial charge in [0.2, 0.25) is 11.8 Å². The minimum absolute atomic E-state index is 0.210. The molecule has 2 rings (SSSR count). The zero-order valence-electron chi connectivity index (χ0n) is 28.8. The zero-order chi connectivity index (χ0) is 33.9. The summed E-state index contributed by atoms with van der Waals surface area (Å²) in [4.78, 5) is 56.2. The number of esters is 1. The summed E-state index contributed by atoms with van der Waals surface area (Å²) in [6.07, 6.45) is 1.88. The summed E-state index contributed by atoms with van der Waals surface area (Å²) in [5.41, 5.74) is 1.71. The predicted octanol–water partition coefficient (Wildman–Crippen LogP) is 6.35. The summed E-state index contributed by atoms with van der Waals surface area (Å²) in [5.74, 6) is -1.51. The number of hydrogen-bond donors (Lipinski definition) is 2. The third kappa shape index (κ3) is 12.6. The van der Waals surface area contributed by atoms with Gasteiger partial charge in [0.25, 0.3) is 0 Å². The van der Waals surface area contributed by atoms with E-state index in [0.29, 0.717) is 12.0 Å². The average Bonchev–Trinajstić information content (AvgIpc) is 2.92. The molecule has 45 heavy (non-hydrogen) atoms. The van der Waals surface area contributed by atoms with E-state index in [2.05, 4.69) is 17.6 Å². The molecule has 2 aromatic carbocycles. The number of nitrogens with zero attached hydrogens (tertiary/aromatic N) is 1. The highest BCUT2D eigenvalue weighted by Gasteiger charge is 2.37. The van der Waals surface area contributed by atoms with Gasteiger partial charge in [0.05, 0.1) is 0 Å². The third-order valence-corrected chi connectivity index (χ3v) is 6.97. The molecule has 0 aromatic heterocycles. The second-order valence-electron chi connectivity index (χ2n) is 13.7. The van der Waals surface area contributed by atoms with Gasteiger partial charge in [-0.2, -0.15) is 0 Å². The summed E-state index contributed by atoms with van der Waals surface area (Å²) in [7, 11) is 0. The number of amides is 3. The summed E-state index contributed by atoms with van der Waals surface area (Å²) < 4.78 is 11.1. The Morgan fingerprint density at radius 2 is 1.47 bits per heavy atom. The zero-order valence-corrected chi connectivity index (χ0v) is 28.8. The van der Waals surface area contributed by atoms with Crippen molar-refractivity contribution in [3.63, 3.8) is 0 Å². The van der Waals surface area contributed by atoms with Crippen LogP contribution in [0.4, 0.5) is 4.79 Å². The number of unbranched alkanes of at least 4 members (excludes halogenated alkanes) is 2. The third-order valence-electron chi connectivity index (χ3n) is 6.97. The molecule has 0 spiro atoms. The molecule has 248 valence electrons. The van der Waals surface area contributed by atoms with E-state index in [1.54, 1.807) is 48.5 Å². The number of aryl methyl sites for hydroxylation is 2. The van der Waals surface area contributed by atoms with Crippen molar-refractivity contribution in [3.05, 3.63) is 70.8 Å². The maximum absolute atomic E-state index is 14.5. The number of rotatable bonds is 13. The Morgan fingerprint density at radius 3 is 2.04 bits per heavy atom. The van der Waals surface area contributed by atoms with Gasteiger partial charge in [0.1, 0.15) is 29.3 Å². The van der Waals surface area contributed by atoms with Crippen molar-refractivity contribution in [3.8, 4) is 0 Å². The maximum atomic E-state index is 14.5. The van der Waals surface area contributed by atoms with Crippen LogP contribution in [0, 0.1) is 13.8 Å². The summed E-state index contributed by atoms with van der Waals surface area (Å²) in [5, 5.41) is 5.59. The summed E-state index contributed by atoms with van der Waals surface area (Å²) in [6.45, 7) is 18.3. The van der Waals surface area contributed by atoms with E-state index in [1.807, 2.05) is 62.4 Å². The van der Waals surface area contributed by atoms with Crippen LogP contribution in [0.5, 0.6) is 0 Å². The molecule has 0 aliphatic heterocycles. The molecule has 0 bridgehead atoms. The topological polar surface area (TPSA) is 114 Å². The fourth-order valence-corrected chi connectivity index (χ4v) is 4.87. The van der Waals surface area contributed by atoms with E-state index in [-0.39, 0.29) is 13.0 Å². The number of carbonyl (C=O) groups excluding carboxylic acids is 4. The Hall–Kier alpha value is -3.88. The largest absolute Gasteiger partial charge is 0.458 e. The molecule has 0 radical (unpaired) electrons. The smallest absolute Gasteiger partial charge is 0.408 e. The molecule has 0 aliphatic carbocycles. The molecule has 3 amide bonds. The molecule has 0 heterocycles. The minimum Gasteiger partial charge on any atom is -0.458 e. The molecule has 0 saturated carbocycles. The molecule has 2 aromatic rings. The number of ether oxygens (including phenoxy) is 2. The maximum Gasteiger partial charge on any atom is 0.408 e. The fourth-order valence-electron chi connectivity index (χ4n) is 4.87. The van der Waals surface area contributed by atoms with Gasteiger partial charge in [-0.15, -0.1) is 0 Å². The normalized spacial score (nSPS) is 13.6. The summed E-state index contributed by atoms with van der Waals surface area (Å²) in [6, 6.07) is 12.1. The van der Waals surface area contributed by atoms with E-state index in [9.17, 15) is 19.2 Å². The number of carbonyl (C=O) groups is 4. The molecular weight excluding hydrogens is 570 g/mol. The second kappa shape index (κ2) is 16.4. The van der Waals surface area contributed by atoms with Gasteiger partial charge in [-0.25, -0.2) is 9.59 Å². The lowest BCUT2D eigenvalue weighted by Gasteiger charge is -2.35. The highest BCUT2D eigenvalue weighted by molar-refractivity contribution is 5.94. The fraction of sp³-hybridized carbons (Fsp3) is 0.556. The van der Waals surface area contributed by atoms with Crippen molar-refractivity contribution < 1.29 is 28.7 Å². The first kappa shape index (κ1) is 37.3. The molecule has 3 atom stereocenters. The first-order valence-corrected chi connectivity index (χ1v) is 15.9. The lowest BCUT2D eigenvalue weighted by molar-refractivity contribution is -0.159. The predicted molar refractivity (Wildman–Crippen MR) is 177 cm³/mol. The Labute approximate surface area is 269 Å². The molecule has 0 aliphatic rings. The first-order valence-electron chi connectivity index (χ1n) is 15.9. The lowest BCUT2D eigenvalue weighted by atomic mass is 9.95. The van der Waals surface area contributed by atoms with Crippen LogP contribution in [-0.2, 0) is 30.3 Å². The van der Waals surface area contributed by atoms with Crippen molar-refractivity contribution in [1.29, 1.82) is 0 Å². The van der Waals surface area contributed by atoms with E-state index in [0.717, 1.165) is 29.5 Å². The lowest BCUT2D eigenvalue weighted by Crippen LogP contribution is -2.54. The van der Waals surface area contributed by atoms with Gasteiger partial charge in [-0.05, 0) is 85.4 Å². The molecular formula is C36H53N3O6. The van der Waals surface area contributed by atoms with Crippen LogP contribution < -0.4 is 10.6 Å². The second-order valence-corrected chi connectivity index (χ2v) is 13.7. The van der Waals surface area contributed by atoms with Crippen LogP contribution in [0.3, 0.4) is 0 Å². The molecule has 0 saturated heterocycles. The Balaban J connectivity index is 2.58. The highest BCUT2D eigenvalue weighted by atomic mass is 16.6. The van der Waals surface area contributed by atoms with Gasteiger partial charge in [-0.3, -0.25) is 9.59 Å². The molecule has 3 unspecified atom stereocenters. The van der Waals surface area contributed by atoms with Crippen LogP contribution in [0.2, 0.25) is 0 Å². The van der Waals surface area contributed by atoms with Crippen molar-refractivity contribution in [2.24, 2.45) is 0 Å². The van der Waals surface area contributed by atoms with E-state index >= 15 is 0 Å². The van der Waals surface area contributed by atoms with Gasteiger partial charge >= 0.3 is 12.1 Å². The van der Waals surface area contributed by atoms with Crippen LogP contribution in [0.25, 0.3) is 0 Å². The van der Waals surface area contributed by atoms with Gasteiger partial charge < -0.3 is 25.0 Å². The molecule has 9 nitrogen and oxygen atoms in total. The Kier molecular flexibility index (Phi) is 13.6. The SMILES string of the molecule is CCCCCN(C(=O)C(C)NC(=O)OC(C)(C)C)C(C(=O)NC(Cc1ccccc1)C(=O)OC(C)(C)C)c1cc(C)ccc1C. The van der Waals surface area contributed by atoms with E-state index in [4.69, 9.17) is 9.47 Å². The van der Waals surface area contributed by atoms with Crippen LogP contribution in [0.15, 0.2) is 48.5 Å². The minimum atomic E-state index is -1.07. The number of nitrogens with one attached hydrogen (secondary N) is 2. The van der Waals surface area contributed by atoms with Crippen LogP contribution >= 0.6 is 0 Å². The van der Waals surface area contributed by atoms with Gasteiger partial charge in [0.15, 0.2) is 0 Å². The summed E-state index contributed by atoms with van der Waals surface area (Å²) >= 11 is 0. The Bertz CT molecular complexity index is 1300. The number of benzene rings is 2. The molecule has 2 N–H and O–H groups in total. The van der Waals surface area contributed by atoms with E-state index < -0.39 is 53.2 Å². The first-order chi connectivity index (χ1) is 20.9. The van der Waals surface area contributed by atoms with Crippen LogP contribution in [0.1, 0.15) is 103 Å². The van der Waals surface area contributed by atoms with Gasteiger partial charge in [0, 0.05) is 13.0 Å². The quantitative estimate of drug-likeness (QED) is 0.199.